The van der Waals surface area contributed by atoms with Crippen molar-refractivity contribution < 1.29 is 4.79 Å². The summed E-state index contributed by atoms with van der Waals surface area (Å²) >= 11 is 11.5. The Balaban J connectivity index is 2.44. The number of hydrogen-bond acceptors (Lipinski definition) is 3. The zero-order valence-electron chi connectivity index (χ0n) is 8.86. The molecule has 2 amide bonds. The molecular weight excluding hydrogens is 253 g/mol. The quantitative estimate of drug-likeness (QED) is 0.483. The van der Waals surface area contributed by atoms with Crippen molar-refractivity contribution in [2.24, 2.45) is 5.29 Å². The number of urea groups is 1. The van der Waals surface area contributed by atoms with Crippen LogP contribution in [0.2, 0.25) is 0 Å². The molecule has 1 aliphatic carbocycles. The number of nitroso groups, excluding NO2 is 1. The molecule has 0 saturated heterocycles. The summed E-state index contributed by atoms with van der Waals surface area (Å²) in [5.74, 6) is 0.175. The Morgan fingerprint density at radius 2 is 2.12 bits per heavy atom. The third-order valence-electron chi connectivity index (χ3n) is 2.62. The number of rotatable bonds is 4. The lowest BCUT2D eigenvalue weighted by Crippen LogP contribution is -2.47. The van der Waals surface area contributed by atoms with E-state index in [4.69, 9.17) is 23.2 Å². The molecule has 0 aromatic heterocycles. The summed E-state index contributed by atoms with van der Waals surface area (Å²) in [6.07, 6.45) is 3.85. The maximum Gasteiger partial charge on any atom is 0.340 e. The molecule has 0 aromatic carbocycles. The van der Waals surface area contributed by atoms with Crippen molar-refractivity contribution in [1.82, 2.24) is 10.3 Å². The zero-order valence-corrected chi connectivity index (χ0v) is 10.4. The average molecular weight is 268 g/mol. The largest absolute Gasteiger partial charge is 0.340 e. The Morgan fingerprint density at radius 3 is 2.69 bits per heavy atom. The first-order valence-electron chi connectivity index (χ1n) is 5.30. The lowest BCUT2D eigenvalue weighted by Gasteiger charge is -2.28. The maximum absolute atomic E-state index is 11.6. The number of hydrogen-bond donors (Lipinski definition) is 1. The van der Waals surface area contributed by atoms with Gasteiger partial charge in [0.1, 0.15) is 0 Å². The normalized spacial score (nSPS) is 24.9. The first-order valence-corrected chi connectivity index (χ1v) is 6.27. The van der Waals surface area contributed by atoms with E-state index in [0.29, 0.717) is 0 Å². The molecule has 0 spiro atoms. The minimum Gasteiger partial charge on any atom is -0.332 e. The van der Waals surface area contributed by atoms with Crippen LogP contribution < -0.4 is 5.32 Å². The Hall–Kier alpha value is -0.550. The highest BCUT2D eigenvalue weighted by Gasteiger charge is 2.26. The first kappa shape index (κ1) is 13.5. The van der Waals surface area contributed by atoms with Gasteiger partial charge in [0.15, 0.2) is 0 Å². The molecular formula is C9H15Cl2N3O2. The zero-order chi connectivity index (χ0) is 12.0. The van der Waals surface area contributed by atoms with Gasteiger partial charge in [-0.2, -0.15) is 5.01 Å². The monoisotopic (exact) mass is 267 g/mol. The highest BCUT2D eigenvalue weighted by atomic mass is 35.5. The van der Waals surface area contributed by atoms with Crippen molar-refractivity contribution in [2.45, 2.75) is 37.1 Å². The lowest BCUT2D eigenvalue weighted by atomic mass is 9.95. The molecule has 0 aliphatic heterocycles. The van der Waals surface area contributed by atoms with Crippen molar-refractivity contribution in [3.63, 3.8) is 0 Å². The maximum atomic E-state index is 11.6. The summed E-state index contributed by atoms with van der Waals surface area (Å²) in [6.45, 7) is 0.108. The molecule has 92 valence electrons. The van der Waals surface area contributed by atoms with Crippen LogP contribution in [0.5, 0.6) is 0 Å². The van der Waals surface area contributed by atoms with Crippen LogP contribution in [0, 0.1) is 4.91 Å². The van der Waals surface area contributed by atoms with Crippen molar-refractivity contribution in [1.29, 1.82) is 0 Å². The van der Waals surface area contributed by atoms with E-state index in [1.54, 1.807) is 0 Å². The highest BCUT2D eigenvalue weighted by Crippen LogP contribution is 2.23. The average Bonchev–Trinajstić information content (AvgIpc) is 2.29. The molecule has 0 unspecified atom stereocenters. The Labute approximate surface area is 104 Å². The van der Waals surface area contributed by atoms with E-state index in [0.717, 1.165) is 30.7 Å². The summed E-state index contributed by atoms with van der Waals surface area (Å²) < 4.78 is 0. The van der Waals surface area contributed by atoms with Gasteiger partial charge in [0.05, 0.1) is 17.2 Å². The van der Waals surface area contributed by atoms with Gasteiger partial charge in [0, 0.05) is 11.9 Å². The molecule has 0 radical (unpaired) electrons. The Kier molecular flexibility index (Phi) is 5.84. The first-order chi connectivity index (χ1) is 7.69. The second-order valence-corrected chi connectivity index (χ2v) is 4.69. The van der Waals surface area contributed by atoms with Crippen LogP contribution in [0.1, 0.15) is 25.7 Å². The van der Waals surface area contributed by atoms with E-state index in [-0.39, 0.29) is 23.8 Å². The molecule has 0 bridgehead atoms. The van der Waals surface area contributed by atoms with Crippen LogP contribution >= 0.6 is 23.2 Å². The smallest absolute Gasteiger partial charge is 0.332 e. The molecule has 1 N–H and O–H groups in total. The molecule has 1 rings (SSSR count). The fraction of sp³-hybridized carbons (Fsp3) is 0.889. The van der Waals surface area contributed by atoms with Gasteiger partial charge in [0.2, 0.25) is 0 Å². The van der Waals surface area contributed by atoms with Crippen LogP contribution in [0.15, 0.2) is 5.29 Å². The second-order valence-electron chi connectivity index (χ2n) is 3.75. The third-order valence-corrected chi connectivity index (χ3v) is 3.31. The predicted molar refractivity (Wildman–Crippen MR) is 63.6 cm³/mol. The van der Waals surface area contributed by atoms with Crippen LogP contribution in [-0.2, 0) is 0 Å². The van der Waals surface area contributed by atoms with Crippen LogP contribution in [-0.4, -0.2) is 34.9 Å². The fourth-order valence-electron chi connectivity index (χ4n) is 1.74. The van der Waals surface area contributed by atoms with Crippen molar-refractivity contribution in [3.8, 4) is 0 Å². The number of carbonyl (C=O) groups excluding carboxylic acids is 1. The number of halogens is 2. The molecule has 0 aromatic rings. The van der Waals surface area contributed by atoms with Crippen LogP contribution in [0.3, 0.4) is 0 Å². The molecule has 1 aliphatic rings. The number of nitrogens with zero attached hydrogens (tertiary/aromatic N) is 2. The number of carbonyl (C=O) groups is 1. The highest BCUT2D eigenvalue weighted by molar-refractivity contribution is 6.21. The third kappa shape index (κ3) is 3.79. The van der Waals surface area contributed by atoms with Crippen molar-refractivity contribution in [3.05, 3.63) is 4.91 Å². The fourth-order valence-corrected chi connectivity index (χ4v) is 2.24. The van der Waals surface area contributed by atoms with Crippen molar-refractivity contribution >= 4 is 29.2 Å². The predicted octanol–water partition coefficient (Wildman–Crippen LogP) is 2.47. The van der Waals surface area contributed by atoms with Crippen LogP contribution in [0.4, 0.5) is 4.79 Å². The summed E-state index contributed by atoms with van der Waals surface area (Å²) in [7, 11) is 0. The van der Waals surface area contributed by atoms with Crippen LogP contribution in [0.25, 0.3) is 0 Å². The van der Waals surface area contributed by atoms with Gasteiger partial charge in [-0.15, -0.1) is 28.1 Å². The van der Waals surface area contributed by atoms with E-state index in [1.165, 1.54) is 0 Å². The van der Waals surface area contributed by atoms with E-state index in [9.17, 15) is 9.70 Å². The molecule has 7 heteroatoms. The molecule has 16 heavy (non-hydrogen) atoms. The van der Waals surface area contributed by atoms with E-state index in [2.05, 4.69) is 10.6 Å². The van der Waals surface area contributed by atoms with Gasteiger partial charge < -0.3 is 5.32 Å². The second kappa shape index (κ2) is 6.91. The summed E-state index contributed by atoms with van der Waals surface area (Å²) in [4.78, 5) is 22.0. The number of alkyl halides is 2. The van der Waals surface area contributed by atoms with Gasteiger partial charge in [-0.05, 0) is 12.8 Å². The Bertz CT molecular complexity index is 253. The standard InChI is InChI=1S/C9H15Cl2N3O2/c10-5-6-14(13-16)9(15)12-8-4-2-1-3-7(8)11/h7-8H,1-6H2,(H,12,15)/t7-,8+/m0/s1. The van der Waals surface area contributed by atoms with Gasteiger partial charge in [-0.3, -0.25) is 0 Å². The van der Waals surface area contributed by atoms with Crippen molar-refractivity contribution in [2.75, 3.05) is 12.4 Å². The topological polar surface area (TPSA) is 61.8 Å². The number of nitrogens with one attached hydrogen (secondary N) is 1. The molecule has 0 heterocycles. The Morgan fingerprint density at radius 1 is 1.44 bits per heavy atom. The minimum absolute atomic E-state index is 0.0674. The van der Waals surface area contributed by atoms with Gasteiger partial charge in [0.25, 0.3) is 0 Å². The van der Waals surface area contributed by atoms with Gasteiger partial charge in [-0.1, -0.05) is 12.8 Å². The summed E-state index contributed by atoms with van der Waals surface area (Å²) in [5.41, 5.74) is 0. The summed E-state index contributed by atoms with van der Waals surface area (Å²) in [6, 6.07) is -0.601. The number of amides is 2. The van der Waals surface area contributed by atoms with E-state index in [1.807, 2.05) is 0 Å². The lowest BCUT2D eigenvalue weighted by molar-refractivity contribution is 0.194. The SMILES string of the molecule is O=NN(CCCl)C(=O)N[C@@H]1CCCC[C@@H]1Cl. The molecule has 5 nitrogen and oxygen atoms in total. The molecule has 1 fully saturated rings. The molecule has 1 saturated carbocycles. The molecule has 2 atom stereocenters. The summed E-state index contributed by atoms with van der Waals surface area (Å²) in [5, 5.41) is 6.03. The van der Waals surface area contributed by atoms with Gasteiger partial charge >= 0.3 is 6.03 Å². The minimum atomic E-state index is -0.520. The van der Waals surface area contributed by atoms with E-state index >= 15 is 0 Å². The van der Waals surface area contributed by atoms with E-state index < -0.39 is 6.03 Å². The van der Waals surface area contributed by atoms with Gasteiger partial charge in [-0.25, -0.2) is 4.79 Å².